The zero-order chi connectivity index (χ0) is 18.7. The molecular weight excluding hydrogens is 350 g/mol. The summed E-state index contributed by atoms with van der Waals surface area (Å²) >= 11 is 0. The maximum absolute atomic E-state index is 12.4. The predicted molar refractivity (Wildman–Crippen MR) is 76.8 cm³/mol. The summed E-state index contributed by atoms with van der Waals surface area (Å²) in [5.74, 6) is -0.731. The molecule has 0 atom stereocenters. The maximum atomic E-state index is 12.4. The van der Waals surface area contributed by atoms with Crippen LogP contribution < -0.4 is 4.74 Å². The fraction of sp³-hybridized carbons (Fsp3) is 0.235. The van der Waals surface area contributed by atoms with E-state index in [0.29, 0.717) is 5.56 Å². The lowest BCUT2D eigenvalue weighted by Crippen LogP contribution is -2.10. The van der Waals surface area contributed by atoms with Crippen molar-refractivity contribution in [3.8, 4) is 5.75 Å². The van der Waals surface area contributed by atoms with Crippen LogP contribution in [0.2, 0.25) is 0 Å². The predicted octanol–water partition coefficient (Wildman–Crippen LogP) is 5.26. The Morgan fingerprint density at radius 1 is 0.760 bits per heavy atom. The van der Waals surface area contributed by atoms with Gasteiger partial charge in [0.25, 0.3) is 0 Å². The van der Waals surface area contributed by atoms with E-state index in [9.17, 15) is 31.1 Å². The summed E-state index contributed by atoms with van der Waals surface area (Å²) in [4.78, 5) is 11.7. The van der Waals surface area contributed by atoms with Gasteiger partial charge in [-0.05, 0) is 48.4 Å². The van der Waals surface area contributed by atoms with Crippen LogP contribution in [0.3, 0.4) is 0 Å². The second kappa shape index (κ2) is 7.16. The molecule has 0 saturated carbocycles. The van der Waals surface area contributed by atoms with Crippen LogP contribution in [-0.4, -0.2) is 5.97 Å². The molecule has 0 amide bonds. The van der Waals surface area contributed by atoms with E-state index in [1.54, 1.807) is 0 Å². The summed E-state index contributed by atoms with van der Waals surface area (Å²) in [5, 5.41) is 0. The average Bonchev–Trinajstić information content (AvgIpc) is 2.52. The van der Waals surface area contributed by atoms with E-state index in [1.165, 1.54) is 12.1 Å². The van der Waals surface area contributed by atoms with Gasteiger partial charge in [-0.25, -0.2) is 0 Å². The normalized spacial score (nSPS) is 12.1. The fourth-order valence-corrected chi connectivity index (χ4v) is 2.00. The summed E-state index contributed by atoms with van der Waals surface area (Å²) in [6.45, 7) is 0. The van der Waals surface area contributed by atoms with Crippen LogP contribution in [0.5, 0.6) is 5.75 Å². The van der Waals surface area contributed by atoms with Crippen LogP contribution >= 0.6 is 0 Å². The number of carbonyl (C=O) groups excluding carboxylic acids is 1. The van der Waals surface area contributed by atoms with Gasteiger partial charge in [-0.2, -0.15) is 26.3 Å². The van der Waals surface area contributed by atoms with Crippen molar-refractivity contribution < 1.29 is 35.9 Å². The van der Waals surface area contributed by atoms with Crippen molar-refractivity contribution in [3.63, 3.8) is 0 Å². The molecule has 0 aliphatic carbocycles. The standard InChI is InChI=1S/C17H12F6O2/c18-16(19,20)12-4-1-11(2-5-12)3-10-15(24)25-14-8-6-13(7-9-14)17(21,22)23/h1-2,4-9H,3,10H2. The molecule has 0 aliphatic heterocycles. The minimum atomic E-state index is -4.48. The molecule has 8 heteroatoms. The van der Waals surface area contributed by atoms with Crippen LogP contribution in [0.4, 0.5) is 26.3 Å². The first-order chi connectivity index (χ1) is 11.6. The van der Waals surface area contributed by atoms with E-state index < -0.39 is 29.4 Å². The Labute approximate surface area is 139 Å². The third-order valence-corrected chi connectivity index (χ3v) is 3.31. The minimum absolute atomic E-state index is 0.0366. The highest BCUT2D eigenvalue weighted by Gasteiger charge is 2.30. The molecule has 0 heterocycles. The number of hydrogen-bond donors (Lipinski definition) is 0. The van der Waals surface area contributed by atoms with Crippen LogP contribution in [0.25, 0.3) is 0 Å². The first-order valence-electron chi connectivity index (χ1n) is 7.10. The molecule has 0 spiro atoms. The molecule has 0 aromatic heterocycles. The smallest absolute Gasteiger partial charge is 0.416 e. The lowest BCUT2D eigenvalue weighted by Gasteiger charge is -2.09. The Kier molecular flexibility index (Phi) is 5.39. The van der Waals surface area contributed by atoms with E-state index in [1.807, 2.05) is 0 Å². The van der Waals surface area contributed by atoms with Crippen molar-refractivity contribution in [2.45, 2.75) is 25.2 Å². The first kappa shape index (κ1) is 18.8. The van der Waals surface area contributed by atoms with E-state index >= 15 is 0 Å². The number of halogens is 6. The molecular formula is C17H12F6O2. The largest absolute Gasteiger partial charge is 0.427 e. The van der Waals surface area contributed by atoms with Crippen LogP contribution in [0.15, 0.2) is 48.5 Å². The third-order valence-electron chi connectivity index (χ3n) is 3.31. The fourth-order valence-electron chi connectivity index (χ4n) is 2.00. The van der Waals surface area contributed by atoms with Crippen molar-refractivity contribution in [3.05, 3.63) is 65.2 Å². The second-order valence-electron chi connectivity index (χ2n) is 5.19. The highest BCUT2D eigenvalue weighted by molar-refractivity contribution is 5.72. The van der Waals surface area contributed by atoms with E-state index in [2.05, 4.69) is 0 Å². The van der Waals surface area contributed by atoms with E-state index in [0.717, 1.165) is 36.4 Å². The van der Waals surface area contributed by atoms with Gasteiger partial charge < -0.3 is 4.74 Å². The SMILES string of the molecule is O=C(CCc1ccc(C(F)(F)F)cc1)Oc1ccc(C(F)(F)F)cc1. The maximum Gasteiger partial charge on any atom is 0.416 e. The van der Waals surface area contributed by atoms with Gasteiger partial charge in [0.2, 0.25) is 0 Å². The van der Waals surface area contributed by atoms with E-state index in [4.69, 9.17) is 4.74 Å². The zero-order valence-corrected chi connectivity index (χ0v) is 12.6. The third kappa shape index (κ3) is 5.51. The second-order valence-corrected chi connectivity index (χ2v) is 5.19. The van der Waals surface area contributed by atoms with Crippen LogP contribution in [-0.2, 0) is 23.6 Å². The molecule has 0 unspecified atom stereocenters. The minimum Gasteiger partial charge on any atom is -0.427 e. The summed E-state index contributed by atoms with van der Waals surface area (Å²) in [6.07, 6.45) is -8.88. The summed E-state index contributed by atoms with van der Waals surface area (Å²) in [7, 11) is 0. The Morgan fingerprint density at radius 2 is 1.20 bits per heavy atom. The van der Waals surface area contributed by atoms with Gasteiger partial charge in [0.15, 0.2) is 0 Å². The molecule has 134 valence electrons. The number of esters is 1. The molecule has 0 bridgehead atoms. The topological polar surface area (TPSA) is 26.3 Å². The number of hydrogen-bond acceptors (Lipinski definition) is 2. The van der Waals surface area contributed by atoms with Gasteiger partial charge in [0.1, 0.15) is 5.75 Å². The molecule has 0 saturated heterocycles. The van der Waals surface area contributed by atoms with Crippen molar-refractivity contribution in [1.29, 1.82) is 0 Å². The number of benzene rings is 2. The van der Waals surface area contributed by atoms with Gasteiger partial charge in [-0.15, -0.1) is 0 Å². The van der Waals surface area contributed by atoms with Gasteiger partial charge in [0.05, 0.1) is 11.1 Å². The molecule has 0 radical (unpaired) electrons. The van der Waals surface area contributed by atoms with Crippen molar-refractivity contribution >= 4 is 5.97 Å². The van der Waals surface area contributed by atoms with Gasteiger partial charge in [-0.3, -0.25) is 4.79 Å². The Bertz CT molecular complexity index is 715. The number of alkyl halides is 6. The highest BCUT2D eigenvalue weighted by Crippen LogP contribution is 2.31. The summed E-state index contributed by atoms with van der Waals surface area (Å²) in [6, 6.07) is 7.98. The highest BCUT2D eigenvalue weighted by atomic mass is 19.4. The van der Waals surface area contributed by atoms with Gasteiger partial charge >= 0.3 is 18.3 Å². The molecule has 0 N–H and O–H groups in total. The number of ether oxygens (including phenoxy) is 1. The number of aryl methyl sites for hydroxylation is 1. The molecule has 2 aromatic carbocycles. The van der Waals surface area contributed by atoms with E-state index in [-0.39, 0.29) is 18.6 Å². The Balaban J connectivity index is 1.88. The van der Waals surface area contributed by atoms with Crippen molar-refractivity contribution in [2.24, 2.45) is 0 Å². The molecule has 0 fully saturated rings. The molecule has 2 nitrogen and oxygen atoms in total. The molecule has 25 heavy (non-hydrogen) atoms. The quantitative estimate of drug-likeness (QED) is 0.421. The number of carbonyl (C=O) groups is 1. The molecule has 0 aliphatic rings. The lowest BCUT2D eigenvalue weighted by atomic mass is 10.1. The molecule has 2 aromatic rings. The summed E-state index contributed by atoms with van der Waals surface area (Å²) in [5.41, 5.74) is -1.14. The Hall–Kier alpha value is -2.51. The first-order valence-corrected chi connectivity index (χ1v) is 7.10. The van der Waals surface area contributed by atoms with Crippen LogP contribution in [0.1, 0.15) is 23.1 Å². The average molecular weight is 362 g/mol. The molecule has 2 rings (SSSR count). The Morgan fingerprint density at radius 3 is 1.64 bits per heavy atom. The van der Waals surface area contributed by atoms with Gasteiger partial charge in [0, 0.05) is 6.42 Å². The zero-order valence-electron chi connectivity index (χ0n) is 12.6. The van der Waals surface area contributed by atoms with Crippen molar-refractivity contribution in [1.82, 2.24) is 0 Å². The lowest BCUT2D eigenvalue weighted by molar-refractivity contribution is -0.138. The number of rotatable bonds is 4. The van der Waals surface area contributed by atoms with Crippen LogP contribution in [0, 0.1) is 0 Å². The van der Waals surface area contributed by atoms with Gasteiger partial charge in [-0.1, -0.05) is 12.1 Å². The van der Waals surface area contributed by atoms with Crippen molar-refractivity contribution in [2.75, 3.05) is 0 Å². The summed E-state index contributed by atoms with van der Waals surface area (Å²) < 4.78 is 79.4. The monoisotopic (exact) mass is 362 g/mol.